The summed E-state index contributed by atoms with van der Waals surface area (Å²) in [6.07, 6.45) is 3.45. The summed E-state index contributed by atoms with van der Waals surface area (Å²) in [5.74, 6) is -1.23. The molecule has 1 saturated carbocycles. The summed E-state index contributed by atoms with van der Waals surface area (Å²) in [5, 5.41) is 15.3. The normalized spacial score (nSPS) is 14.0. The van der Waals surface area contributed by atoms with E-state index in [0.717, 1.165) is 51.3 Å². The first kappa shape index (κ1) is 29.3. The van der Waals surface area contributed by atoms with E-state index in [2.05, 4.69) is 5.32 Å². The molecule has 0 unspecified atom stereocenters. The zero-order chi connectivity index (χ0) is 30.5. The van der Waals surface area contributed by atoms with Gasteiger partial charge >= 0.3 is 5.97 Å². The molecule has 1 fully saturated rings. The first-order valence-electron chi connectivity index (χ1n) is 13.8. The van der Waals surface area contributed by atoms with Crippen molar-refractivity contribution < 1.29 is 19.3 Å². The average Bonchev–Trinajstić information content (AvgIpc) is 3.63. The lowest BCUT2D eigenvalue weighted by Gasteiger charge is -2.20. The highest BCUT2D eigenvalue weighted by molar-refractivity contribution is 7.70. The van der Waals surface area contributed by atoms with Gasteiger partial charge in [-0.3, -0.25) is 4.79 Å². The Morgan fingerprint density at radius 1 is 0.907 bits per heavy atom. The van der Waals surface area contributed by atoms with Gasteiger partial charge in [0.25, 0.3) is 5.91 Å². The molecule has 0 aliphatic heterocycles. The summed E-state index contributed by atoms with van der Waals surface area (Å²) in [7, 11) is -2.49. The molecule has 1 amide bonds. The number of aromatic carboxylic acids is 1. The van der Waals surface area contributed by atoms with Crippen LogP contribution in [0.3, 0.4) is 0 Å². The van der Waals surface area contributed by atoms with Gasteiger partial charge in [0.15, 0.2) is 0 Å². The number of aromatic nitrogens is 1. The third-order valence-electron chi connectivity index (χ3n) is 7.97. The van der Waals surface area contributed by atoms with E-state index in [0.29, 0.717) is 22.2 Å². The van der Waals surface area contributed by atoms with Crippen LogP contribution in [-0.4, -0.2) is 34.9 Å². The molecule has 9 heteroatoms. The van der Waals surface area contributed by atoms with E-state index in [1.165, 1.54) is 0 Å². The number of carbonyl (C=O) groups excluding carboxylic acids is 1. The molecular formula is C34H29Cl2N2O4P. The maximum Gasteiger partial charge on any atom is 0.335 e. The molecule has 2 N–H and O–H groups in total. The molecule has 6 rings (SSSR count). The highest BCUT2D eigenvalue weighted by Gasteiger charge is 2.46. The minimum atomic E-state index is -2.49. The number of nitrogens with one attached hydrogen (secondary N) is 1. The van der Waals surface area contributed by atoms with Crippen LogP contribution in [0.2, 0.25) is 10.0 Å². The zero-order valence-electron chi connectivity index (χ0n) is 23.6. The quantitative estimate of drug-likeness (QED) is 0.170. The summed E-state index contributed by atoms with van der Waals surface area (Å²) in [6.45, 7) is 3.94. The van der Waals surface area contributed by atoms with E-state index in [-0.39, 0.29) is 11.5 Å². The van der Waals surface area contributed by atoms with Crippen molar-refractivity contribution in [2.75, 3.05) is 13.3 Å². The molecule has 0 saturated heterocycles. The molecule has 0 bridgehead atoms. The predicted octanol–water partition coefficient (Wildman–Crippen LogP) is 8.03. The van der Waals surface area contributed by atoms with Crippen molar-refractivity contribution in [1.29, 1.82) is 0 Å². The van der Waals surface area contributed by atoms with E-state index in [4.69, 9.17) is 23.2 Å². The average molecular weight is 631 g/mol. The molecular weight excluding hydrogens is 602 g/mol. The first-order valence-corrected chi connectivity index (χ1v) is 17.2. The third-order valence-corrected chi connectivity index (χ3v) is 9.93. The Labute approximate surface area is 259 Å². The Balaban J connectivity index is 1.44. The summed E-state index contributed by atoms with van der Waals surface area (Å²) in [6, 6.07) is 25.6. The van der Waals surface area contributed by atoms with Crippen LogP contribution in [0.25, 0.3) is 22.0 Å². The monoisotopic (exact) mass is 630 g/mol. The third kappa shape index (κ3) is 6.01. The van der Waals surface area contributed by atoms with Crippen LogP contribution in [-0.2, 0) is 16.6 Å². The molecule has 218 valence electrons. The molecule has 43 heavy (non-hydrogen) atoms. The highest BCUT2D eigenvalue weighted by Crippen LogP contribution is 2.46. The van der Waals surface area contributed by atoms with Crippen molar-refractivity contribution in [3.8, 4) is 11.1 Å². The second kappa shape index (κ2) is 11.0. The van der Waals surface area contributed by atoms with E-state index in [9.17, 15) is 19.3 Å². The standard InChI is InChI=1S/C34H29Cl2N2O4P/c1-43(2,42)29-5-3-4-23(17-29)25-16-24-10-13-38(20-21-14-27(35)19-28(36)15-21)31(24)30(18-25)32(39)37-34(11-12-34)26-8-6-22(7-9-26)33(40)41/h3-10,13-19H,11-12,20H2,1-2H3,(H,37,39)(H,40,41). The van der Waals surface area contributed by atoms with Gasteiger partial charge in [0, 0.05) is 33.5 Å². The van der Waals surface area contributed by atoms with Gasteiger partial charge in [-0.15, -0.1) is 0 Å². The van der Waals surface area contributed by atoms with Crippen LogP contribution in [0.15, 0.2) is 91.1 Å². The van der Waals surface area contributed by atoms with Crippen LogP contribution >= 0.6 is 30.3 Å². The van der Waals surface area contributed by atoms with E-state index < -0.39 is 18.7 Å². The summed E-state index contributed by atoms with van der Waals surface area (Å²) < 4.78 is 14.9. The van der Waals surface area contributed by atoms with Crippen LogP contribution < -0.4 is 10.6 Å². The number of carboxylic acid groups (broad SMARTS) is 1. The molecule has 1 aliphatic rings. The van der Waals surface area contributed by atoms with Crippen LogP contribution in [0.5, 0.6) is 0 Å². The fraction of sp³-hybridized carbons (Fsp3) is 0.176. The molecule has 0 spiro atoms. The largest absolute Gasteiger partial charge is 0.478 e. The van der Waals surface area contributed by atoms with Crippen molar-refractivity contribution in [3.63, 3.8) is 0 Å². The van der Waals surface area contributed by atoms with Crippen LogP contribution in [0.4, 0.5) is 0 Å². The van der Waals surface area contributed by atoms with Crippen LogP contribution in [0.1, 0.15) is 44.7 Å². The Bertz CT molecular complexity index is 1940. The van der Waals surface area contributed by atoms with E-state index >= 15 is 0 Å². The van der Waals surface area contributed by atoms with Gasteiger partial charge < -0.3 is 19.6 Å². The number of nitrogens with zero attached hydrogens (tertiary/aromatic N) is 1. The fourth-order valence-corrected chi connectivity index (χ4v) is 7.03. The lowest BCUT2D eigenvalue weighted by Crippen LogP contribution is -2.35. The second-order valence-electron chi connectivity index (χ2n) is 11.5. The molecule has 0 atom stereocenters. The minimum Gasteiger partial charge on any atom is -0.478 e. The topological polar surface area (TPSA) is 88.4 Å². The van der Waals surface area contributed by atoms with E-state index in [1.807, 2.05) is 65.4 Å². The molecule has 4 aromatic carbocycles. The molecule has 1 aromatic heterocycles. The number of hydrogen-bond acceptors (Lipinski definition) is 3. The Kier molecular flexibility index (Phi) is 7.50. The number of benzene rings is 4. The number of carbonyl (C=O) groups is 2. The molecule has 1 heterocycles. The first-order chi connectivity index (χ1) is 20.4. The smallest absolute Gasteiger partial charge is 0.335 e. The van der Waals surface area contributed by atoms with Gasteiger partial charge in [-0.25, -0.2) is 4.79 Å². The minimum absolute atomic E-state index is 0.199. The van der Waals surface area contributed by atoms with Gasteiger partial charge in [0.05, 0.1) is 22.2 Å². The Morgan fingerprint density at radius 2 is 1.60 bits per heavy atom. The maximum atomic E-state index is 14.2. The SMILES string of the molecule is CP(C)(=O)c1cccc(-c2cc(C(=O)NC3(c4ccc(C(=O)O)cc4)CC3)c3c(ccn3Cc3cc(Cl)cc(Cl)c3)c2)c1. The molecule has 0 radical (unpaired) electrons. The zero-order valence-corrected chi connectivity index (χ0v) is 26.0. The lowest BCUT2D eigenvalue weighted by molar-refractivity contribution is 0.0696. The van der Waals surface area contributed by atoms with Crippen molar-refractivity contribution in [2.24, 2.45) is 0 Å². The summed E-state index contributed by atoms with van der Waals surface area (Å²) >= 11 is 12.6. The van der Waals surface area contributed by atoms with Gasteiger partial charge in [-0.1, -0.05) is 53.5 Å². The van der Waals surface area contributed by atoms with Crippen molar-refractivity contribution in [3.05, 3.63) is 123 Å². The number of hydrogen-bond donors (Lipinski definition) is 2. The second-order valence-corrected chi connectivity index (χ2v) is 15.6. The van der Waals surface area contributed by atoms with Gasteiger partial charge in [0.1, 0.15) is 7.14 Å². The number of halogens is 2. The number of carboxylic acids is 1. The van der Waals surface area contributed by atoms with Gasteiger partial charge in [-0.2, -0.15) is 0 Å². The van der Waals surface area contributed by atoms with E-state index in [1.54, 1.807) is 43.7 Å². The van der Waals surface area contributed by atoms with Crippen LogP contribution in [0, 0.1) is 0 Å². The van der Waals surface area contributed by atoms with Crippen molar-refractivity contribution >= 4 is 58.4 Å². The molecule has 5 aromatic rings. The van der Waals surface area contributed by atoms with Gasteiger partial charge in [0.2, 0.25) is 0 Å². The Morgan fingerprint density at radius 3 is 2.23 bits per heavy atom. The fourth-order valence-electron chi connectivity index (χ4n) is 5.57. The number of fused-ring (bicyclic) bond motifs is 1. The summed E-state index contributed by atoms with van der Waals surface area (Å²) in [4.78, 5) is 25.5. The highest BCUT2D eigenvalue weighted by atomic mass is 35.5. The predicted molar refractivity (Wildman–Crippen MR) is 174 cm³/mol. The van der Waals surface area contributed by atoms with Crippen molar-refractivity contribution in [2.45, 2.75) is 24.9 Å². The molecule has 6 nitrogen and oxygen atoms in total. The number of rotatable bonds is 8. The Hall–Kier alpha value is -3.83. The number of amides is 1. The molecule has 1 aliphatic carbocycles. The maximum absolute atomic E-state index is 14.2. The lowest BCUT2D eigenvalue weighted by atomic mass is 9.98. The summed E-state index contributed by atoms with van der Waals surface area (Å²) in [5.41, 5.74) is 4.39. The van der Waals surface area contributed by atoms with Crippen molar-refractivity contribution in [1.82, 2.24) is 9.88 Å². The van der Waals surface area contributed by atoms with Gasteiger partial charge in [-0.05, 0) is 103 Å².